The van der Waals surface area contributed by atoms with E-state index < -0.39 is 5.60 Å². The molecule has 1 saturated carbocycles. The Labute approximate surface area is 133 Å². The van der Waals surface area contributed by atoms with Crippen LogP contribution in [0.4, 0.5) is 5.69 Å². The van der Waals surface area contributed by atoms with Gasteiger partial charge in [0.1, 0.15) is 0 Å². The van der Waals surface area contributed by atoms with Crippen molar-refractivity contribution in [3.8, 4) is 0 Å². The number of halogens is 1. The van der Waals surface area contributed by atoms with E-state index in [0.29, 0.717) is 6.54 Å². The molecule has 0 unspecified atom stereocenters. The van der Waals surface area contributed by atoms with Crippen molar-refractivity contribution in [2.75, 3.05) is 25.0 Å². The molecule has 0 spiro atoms. The van der Waals surface area contributed by atoms with E-state index in [1.807, 2.05) is 13.1 Å². The van der Waals surface area contributed by atoms with Gasteiger partial charge in [-0.1, -0.05) is 37.4 Å². The molecule has 4 heteroatoms. The summed E-state index contributed by atoms with van der Waals surface area (Å²) in [5.74, 6) is 0. The van der Waals surface area contributed by atoms with Crippen molar-refractivity contribution >= 4 is 17.3 Å². The van der Waals surface area contributed by atoms with Gasteiger partial charge in [-0.25, -0.2) is 0 Å². The molecular weight excluding hydrogens is 284 g/mol. The first kappa shape index (κ1) is 16.6. The zero-order valence-electron chi connectivity index (χ0n) is 13.2. The number of benzene rings is 1. The van der Waals surface area contributed by atoms with Gasteiger partial charge in [0, 0.05) is 30.8 Å². The lowest BCUT2D eigenvalue weighted by atomic mass is 10.0. The second kappa shape index (κ2) is 7.48. The van der Waals surface area contributed by atoms with Crippen molar-refractivity contribution < 1.29 is 5.11 Å². The van der Waals surface area contributed by atoms with Gasteiger partial charge in [-0.2, -0.15) is 0 Å². The minimum absolute atomic E-state index is 0.525. The third kappa shape index (κ3) is 4.60. The van der Waals surface area contributed by atoms with Crippen LogP contribution >= 0.6 is 11.6 Å². The quantitative estimate of drug-likeness (QED) is 0.756. The van der Waals surface area contributed by atoms with Gasteiger partial charge in [-0.15, -0.1) is 0 Å². The number of nitrogens with one attached hydrogen (secondary N) is 1. The fourth-order valence-corrected chi connectivity index (χ4v) is 3.28. The molecule has 21 heavy (non-hydrogen) atoms. The van der Waals surface area contributed by atoms with Crippen LogP contribution in [0.3, 0.4) is 0 Å². The van der Waals surface area contributed by atoms with Crippen molar-refractivity contribution in [1.82, 2.24) is 5.32 Å². The summed E-state index contributed by atoms with van der Waals surface area (Å²) in [5.41, 5.74) is 1.67. The standard InChI is InChI=1S/C17H27ClN2O/c1-3-10-19-12-14-6-7-15(11-16(14)18)20(2)13-17(21)8-4-5-9-17/h6-7,11,19,21H,3-5,8-10,12-13H2,1-2H3. The van der Waals surface area contributed by atoms with Crippen molar-refractivity contribution in [2.45, 2.75) is 51.2 Å². The van der Waals surface area contributed by atoms with E-state index in [1.165, 1.54) is 0 Å². The summed E-state index contributed by atoms with van der Waals surface area (Å²) in [6.45, 7) is 4.64. The molecule has 118 valence electrons. The topological polar surface area (TPSA) is 35.5 Å². The van der Waals surface area contributed by atoms with E-state index in [9.17, 15) is 5.11 Å². The molecule has 0 aromatic heterocycles. The van der Waals surface area contributed by atoms with Gasteiger partial charge in [0.05, 0.1) is 5.60 Å². The summed E-state index contributed by atoms with van der Waals surface area (Å²) in [4.78, 5) is 2.11. The van der Waals surface area contributed by atoms with Gasteiger partial charge in [0.2, 0.25) is 0 Å². The fraction of sp³-hybridized carbons (Fsp3) is 0.647. The smallest absolute Gasteiger partial charge is 0.0821 e. The third-order valence-electron chi connectivity index (χ3n) is 4.29. The Balaban J connectivity index is 1.98. The average Bonchev–Trinajstić information content (AvgIpc) is 2.87. The number of likely N-dealkylation sites (N-methyl/N-ethyl adjacent to an activating group) is 1. The summed E-state index contributed by atoms with van der Waals surface area (Å²) in [5, 5.41) is 14.7. The van der Waals surface area contributed by atoms with Gasteiger partial charge in [-0.3, -0.25) is 0 Å². The predicted octanol–water partition coefficient (Wildman–Crippen LogP) is 3.58. The molecule has 1 fully saturated rings. The molecule has 1 aliphatic carbocycles. The number of anilines is 1. The normalized spacial score (nSPS) is 17.1. The van der Waals surface area contributed by atoms with Crippen LogP contribution in [0.2, 0.25) is 5.02 Å². The molecule has 0 heterocycles. The summed E-state index contributed by atoms with van der Waals surface area (Å²) in [6.07, 6.45) is 5.20. The Kier molecular flexibility index (Phi) is 5.91. The molecule has 0 atom stereocenters. The lowest BCUT2D eigenvalue weighted by Crippen LogP contribution is -2.39. The molecule has 2 N–H and O–H groups in total. The van der Waals surface area contributed by atoms with Crippen LogP contribution in [0.5, 0.6) is 0 Å². The molecule has 0 bridgehead atoms. The number of hydrogen-bond acceptors (Lipinski definition) is 3. The van der Waals surface area contributed by atoms with Crippen molar-refractivity contribution in [3.63, 3.8) is 0 Å². The first-order chi connectivity index (χ1) is 10.0. The van der Waals surface area contributed by atoms with Crippen LogP contribution < -0.4 is 10.2 Å². The molecule has 1 aliphatic rings. The van der Waals surface area contributed by atoms with Crippen LogP contribution in [0.15, 0.2) is 18.2 Å². The van der Waals surface area contributed by atoms with Crippen LogP contribution in [0.1, 0.15) is 44.6 Å². The zero-order valence-corrected chi connectivity index (χ0v) is 13.9. The molecule has 3 nitrogen and oxygen atoms in total. The molecular formula is C17H27ClN2O. The molecule has 1 aromatic carbocycles. The van der Waals surface area contributed by atoms with Gasteiger partial charge in [0.25, 0.3) is 0 Å². The summed E-state index contributed by atoms with van der Waals surface area (Å²) in [7, 11) is 2.02. The molecule has 0 radical (unpaired) electrons. The van der Waals surface area contributed by atoms with Crippen molar-refractivity contribution in [1.29, 1.82) is 0 Å². The second-order valence-electron chi connectivity index (χ2n) is 6.24. The Morgan fingerprint density at radius 3 is 2.67 bits per heavy atom. The van der Waals surface area contributed by atoms with Crippen molar-refractivity contribution in [2.24, 2.45) is 0 Å². The third-order valence-corrected chi connectivity index (χ3v) is 4.64. The highest BCUT2D eigenvalue weighted by molar-refractivity contribution is 6.31. The van der Waals surface area contributed by atoms with Gasteiger partial charge in [0.15, 0.2) is 0 Å². The minimum Gasteiger partial charge on any atom is -0.388 e. The maximum absolute atomic E-state index is 10.5. The second-order valence-corrected chi connectivity index (χ2v) is 6.65. The first-order valence-electron chi connectivity index (χ1n) is 7.97. The number of rotatable bonds is 7. The Hall–Kier alpha value is -0.770. The highest BCUT2D eigenvalue weighted by atomic mass is 35.5. The average molecular weight is 311 g/mol. The van der Waals surface area contributed by atoms with E-state index in [2.05, 4.69) is 29.3 Å². The Bertz CT molecular complexity index is 458. The minimum atomic E-state index is -0.525. The number of aliphatic hydroxyl groups is 1. The highest BCUT2D eigenvalue weighted by Crippen LogP contribution is 2.32. The molecule has 0 amide bonds. The van der Waals surface area contributed by atoms with Gasteiger partial charge >= 0.3 is 0 Å². The van der Waals surface area contributed by atoms with Crippen LogP contribution in [0.25, 0.3) is 0 Å². The summed E-state index contributed by atoms with van der Waals surface area (Å²) in [6, 6.07) is 6.17. The Morgan fingerprint density at radius 2 is 2.05 bits per heavy atom. The monoisotopic (exact) mass is 310 g/mol. The van der Waals surface area contributed by atoms with E-state index >= 15 is 0 Å². The molecule has 2 rings (SSSR count). The Morgan fingerprint density at radius 1 is 1.33 bits per heavy atom. The molecule has 0 saturated heterocycles. The highest BCUT2D eigenvalue weighted by Gasteiger charge is 2.32. The van der Waals surface area contributed by atoms with Crippen LogP contribution in [-0.2, 0) is 6.54 Å². The number of nitrogens with zero attached hydrogens (tertiary/aromatic N) is 1. The van der Waals surface area contributed by atoms with Crippen LogP contribution in [-0.4, -0.2) is 30.8 Å². The van der Waals surface area contributed by atoms with E-state index in [4.69, 9.17) is 11.6 Å². The lowest BCUT2D eigenvalue weighted by molar-refractivity contribution is 0.0559. The predicted molar refractivity (Wildman–Crippen MR) is 90.1 cm³/mol. The van der Waals surface area contributed by atoms with E-state index in [-0.39, 0.29) is 0 Å². The molecule has 0 aliphatic heterocycles. The maximum Gasteiger partial charge on any atom is 0.0821 e. The van der Waals surface area contributed by atoms with Crippen molar-refractivity contribution in [3.05, 3.63) is 28.8 Å². The summed E-state index contributed by atoms with van der Waals surface area (Å²) < 4.78 is 0. The summed E-state index contributed by atoms with van der Waals surface area (Å²) >= 11 is 6.37. The van der Waals surface area contributed by atoms with Gasteiger partial charge < -0.3 is 15.3 Å². The fourth-order valence-electron chi connectivity index (χ4n) is 3.04. The maximum atomic E-state index is 10.5. The van der Waals surface area contributed by atoms with Gasteiger partial charge in [-0.05, 0) is 43.5 Å². The van der Waals surface area contributed by atoms with E-state index in [0.717, 1.165) is 61.5 Å². The van der Waals surface area contributed by atoms with E-state index in [1.54, 1.807) is 0 Å². The molecule has 1 aromatic rings. The zero-order chi connectivity index (χ0) is 15.3. The first-order valence-corrected chi connectivity index (χ1v) is 8.34. The largest absolute Gasteiger partial charge is 0.388 e. The lowest BCUT2D eigenvalue weighted by Gasteiger charge is -2.30. The number of hydrogen-bond donors (Lipinski definition) is 2. The van der Waals surface area contributed by atoms with Crippen LogP contribution in [0, 0.1) is 0 Å². The SMILES string of the molecule is CCCNCc1ccc(N(C)CC2(O)CCCC2)cc1Cl.